The van der Waals surface area contributed by atoms with Crippen LogP contribution >= 0.6 is 11.6 Å². The number of hydrogen-bond acceptors (Lipinski definition) is 4. The third kappa shape index (κ3) is 3.35. The molecule has 2 heterocycles. The summed E-state index contributed by atoms with van der Waals surface area (Å²) < 4.78 is 5.62. The van der Waals surface area contributed by atoms with Gasteiger partial charge in [-0.3, -0.25) is 4.90 Å². The van der Waals surface area contributed by atoms with Gasteiger partial charge in [0.15, 0.2) is 0 Å². The number of rotatable bonds is 4. The Bertz CT molecular complexity index is 611. The molecule has 5 heteroatoms. The summed E-state index contributed by atoms with van der Waals surface area (Å²) in [4.78, 5) is 7.03. The van der Waals surface area contributed by atoms with Crippen LogP contribution in [0.2, 0.25) is 5.02 Å². The van der Waals surface area contributed by atoms with E-state index in [1.807, 2.05) is 24.3 Å². The third-order valence-electron chi connectivity index (χ3n) is 4.48. The fraction of sp³-hybridized carbons (Fsp3) is 0.471. The zero-order chi connectivity index (χ0) is 15.5. The van der Waals surface area contributed by atoms with Crippen molar-refractivity contribution in [3.8, 4) is 11.5 Å². The molecule has 2 N–H and O–H groups in total. The van der Waals surface area contributed by atoms with Crippen LogP contribution in [0, 0.1) is 5.92 Å². The van der Waals surface area contributed by atoms with Crippen LogP contribution in [0.15, 0.2) is 34.9 Å². The van der Waals surface area contributed by atoms with E-state index in [-0.39, 0.29) is 0 Å². The number of halogens is 1. The molecule has 22 heavy (non-hydrogen) atoms. The Hall–Kier alpha value is -1.36. The highest BCUT2D eigenvalue weighted by Gasteiger charge is 2.27. The number of likely N-dealkylation sites (tertiary alicyclic amines) is 1. The molecule has 0 aliphatic carbocycles. The number of nitrogens with zero attached hydrogens (tertiary/aromatic N) is 2. The SMILES string of the molecule is CC1CCCN(Cc2coc(-c3ccc(Cl)cc3)n2)C1CN. The first-order chi connectivity index (χ1) is 10.7. The Morgan fingerprint density at radius 3 is 2.86 bits per heavy atom. The molecule has 2 aromatic rings. The maximum Gasteiger partial charge on any atom is 0.226 e. The van der Waals surface area contributed by atoms with Gasteiger partial charge in [-0.25, -0.2) is 4.98 Å². The molecule has 1 fully saturated rings. The van der Waals surface area contributed by atoms with Gasteiger partial charge < -0.3 is 10.2 Å². The summed E-state index contributed by atoms with van der Waals surface area (Å²) in [7, 11) is 0. The summed E-state index contributed by atoms with van der Waals surface area (Å²) in [6, 6.07) is 7.96. The molecule has 3 rings (SSSR count). The summed E-state index contributed by atoms with van der Waals surface area (Å²) >= 11 is 5.91. The van der Waals surface area contributed by atoms with Crippen molar-refractivity contribution in [1.82, 2.24) is 9.88 Å². The number of aromatic nitrogens is 1. The van der Waals surface area contributed by atoms with Crippen LogP contribution < -0.4 is 5.73 Å². The Morgan fingerprint density at radius 1 is 1.36 bits per heavy atom. The Labute approximate surface area is 136 Å². The van der Waals surface area contributed by atoms with Gasteiger partial charge >= 0.3 is 0 Å². The highest BCUT2D eigenvalue weighted by Crippen LogP contribution is 2.26. The van der Waals surface area contributed by atoms with E-state index in [2.05, 4.69) is 16.8 Å². The van der Waals surface area contributed by atoms with Crippen LogP contribution in [0.25, 0.3) is 11.5 Å². The molecule has 1 aromatic carbocycles. The van der Waals surface area contributed by atoms with E-state index in [9.17, 15) is 0 Å². The molecule has 0 amide bonds. The fourth-order valence-corrected chi connectivity index (χ4v) is 3.35. The maximum atomic E-state index is 5.95. The van der Waals surface area contributed by atoms with Gasteiger partial charge in [-0.05, 0) is 49.6 Å². The first-order valence-corrected chi connectivity index (χ1v) is 8.19. The highest BCUT2D eigenvalue weighted by molar-refractivity contribution is 6.30. The minimum atomic E-state index is 0.435. The maximum absolute atomic E-state index is 5.95. The van der Waals surface area contributed by atoms with Gasteiger partial charge in [0.1, 0.15) is 6.26 Å². The zero-order valence-electron chi connectivity index (χ0n) is 12.8. The third-order valence-corrected chi connectivity index (χ3v) is 4.73. The smallest absolute Gasteiger partial charge is 0.226 e. The number of hydrogen-bond donors (Lipinski definition) is 1. The highest BCUT2D eigenvalue weighted by atomic mass is 35.5. The molecule has 1 aliphatic rings. The lowest BCUT2D eigenvalue weighted by Gasteiger charge is -2.38. The quantitative estimate of drug-likeness (QED) is 0.936. The van der Waals surface area contributed by atoms with E-state index in [1.165, 1.54) is 12.8 Å². The van der Waals surface area contributed by atoms with Gasteiger partial charge in [0.05, 0.1) is 5.69 Å². The molecule has 1 aliphatic heterocycles. The molecule has 118 valence electrons. The Morgan fingerprint density at radius 2 is 2.14 bits per heavy atom. The largest absolute Gasteiger partial charge is 0.444 e. The van der Waals surface area contributed by atoms with Crippen molar-refractivity contribution in [2.45, 2.75) is 32.4 Å². The Balaban J connectivity index is 1.72. The van der Waals surface area contributed by atoms with Crippen molar-refractivity contribution < 1.29 is 4.42 Å². The van der Waals surface area contributed by atoms with E-state index in [4.69, 9.17) is 21.8 Å². The van der Waals surface area contributed by atoms with Crippen LogP contribution in [-0.4, -0.2) is 29.0 Å². The second-order valence-corrected chi connectivity index (χ2v) is 6.48. The first-order valence-electron chi connectivity index (χ1n) is 7.82. The van der Waals surface area contributed by atoms with E-state index in [1.54, 1.807) is 6.26 Å². The summed E-state index contributed by atoms with van der Waals surface area (Å²) in [6.45, 7) is 4.85. The molecule has 0 spiro atoms. The molecule has 1 aromatic heterocycles. The van der Waals surface area contributed by atoms with Crippen molar-refractivity contribution in [1.29, 1.82) is 0 Å². The monoisotopic (exact) mass is 319 g/mol. The molecular formula is C17H22ClN3O. The van der Waals surface area contributed by atoms with E-state index in [0.717, 1.165) is 24.3 Å². The van der Waals surface area contributed by atoms with Crippen molar-refractivity contribution in [3.05, 3.63) is 41.2 Å². The average molecular weight is 320 g/mol. The minimum absolute atomic E-state index is 0.435. The van der Waals surface area contributed by atoms with Gasteiger partial charge in [0.2, 0.25) is 5.89 Å². The van der Waals surface area contributed by atoms with Crippen LogP contribution in [0.4, 0.5) is 0 Å². The number of benzene rings is 1. The van der Waals surface area contributed by atoms with Crippen molar-refractivity contribution in [2.24, 2.45) is 11.7 Å². The lowest BCUT2D eigenvalue weighted by Crippen LogP contribution is -2.48. The summed E-state index contributed by atoms with van der Waals surface area (Å²) in [5.74, 6) is 1.28. The minimum Gasteiger partial charge on any atom is -0.444 e. The van der Waals surface area contributed by atoms with Gasteiger partial charge in [-0.15, -0.1) is 0 Å². The summed E-state index contributed by atoms with van der Waals surface area (Å²) in [5.41, 5.74) is 7.85. The summed E-state index contributed by atoms with van der Waals surface area (Å²) in [5, 5.41) is 0.712. The van der Waals surface area contributed by atoms with Gasteiger partial charge in [-0.1, -0.05) is 18.5 Å². The molecule has 0 saturated carbocycles. The number of nitrogens with two attached hydrogens (primary N) is 1. The second kappa shape index (κ2) is 6.82. The van der Waals surface area contributed by atoms with Crippen LogP contribution in [-0.2, 0) is 6.54 Å². The van der Waals surface area contributed by atoms with Crippen molar-refractivity contribution in [2.75, 3.05) is 13.1 Å². The fourth-order valence-electron chi connectivity index (χ4n) is 3.22. The number of oxazole rings is 1. The molecule has 2 atom stereocenters. The van der Waals surface area contributed by atoms with Gasteiger partial charge in [0, 0.05) is 29.7 Å². The van der Waals surface area contributed by atoms with Crippen LogP contribution in [0.1, 0.15) is 25.5 Å². The van der Waals surface area contributed by atoms with Crippen molar-refractivity contribution >= 4 is 11.6 Å². The van der Waals surface area contributed by atoms with E-state index >= 15 is 0 Å². The molecular weight excluding hydrogens is 298 g/mol. The predicted molar refractivity (Wildman–Crippen MR) is 88.6 cm³/mol. The number of piperidine rings is 1. The van der Waals surface area contributed by atoms with Crippen LogP contribution in [0.5, 0.6) is 0 Å². The topological polar surface area (TPSA) is 55.3 Å². The Kier molecular flexibility index (Phi) is 4.81. The lowest BCUT2D eigenvalue weighted by molar-refractivity contribution is 0.0977. The first kappa shape index (κ1) is 15.5. The zero-order valence-corrected chi connectivity index (χ0v) is 13.6. The lowest BCUT2D eigenvalue weighted by atomic mass is 9.91. The molecule has 0 radical (unpaired) electrons. The van der Waals surface area contributed by atoms with Gasteiger partial charge in [0.25, 0.3) is 0 Å². The predicted octanol–water partition coefficient (Wildman–Crippen LogP) is 3.55. The van der Waals surface area contributed by atoms with E-state index < -0.39 is 0 Å². The van der Waals surface area contributed by atoms with Crippen LogP contribution in [0.3, 0.4) is 0 Å². The molecule has 0 bridgehead atoms. The molecule has 4 nitrogen and oxygen atoms in total. The molecule has 2 unspecified atom stereocenters. The summed E-state index contributed by atoms with van der Waals surface area (Å²) in [6.07, 6.45) is 4.23. The van der Waals surface area contributed by atoms with E-state index in [0.29, 0.717) is 29.4 Å². The standard InChI is InChI=1S/C17H22ClN3O/c1-12-3-2-8-21(16(12)9-19)10-15-11-22-17(20-15)13-4-6-14(18)7-5-13/h4-7,11-12,16H,2-3,8-10,19H2,1H3. The van der Waals surface area contributed by atoms with Gasteiger partial charge in [-0.2, -0.15) is 0 Å². The average Bonchev–Trinajstić information content (AvgIpc) is 2.97. The second-order valence-electron chi connectivity index (χ2n) is 6.04. The van der Waals surface area contributed by atoms with Crippen molar-refractivity contribution in [3.63, 3.8) is 0 Å². The normalized spacial score (nSPS) is 22.9. The molecule has 1 saturated heterocycles.